The van der Waals surface area contributed by atoms with Crippen molar-refractivity contribution in [1.82, 2.24) is 24.1 Å². The highest BCUT2D eigenvalue weighted by molar-refractivity contribution is 8.44. The van der Waals surface area contributed by atoms with Gasteiger partial charge in [-0.25, -0.2) is 28.5 Å². The van der Waals surface area contributed by atoms with Crippen LogP contribution in [-0.4, -0.2) is 89.7 Å². The minimum absolute atomic E-state index is 0.0869. The van der Waals surface area contributed by atoms with Crippen LogP contribution in [0.25, 0.3) is 11.0 Å². The number of fused-ring (bicyclic) bond motifs is 4. The number of halogens is 1. The third-order valence-electron chi connectivity index (χ3n) is 11.1. The van der Waals surface area contributed by atoms with Crippen molar-refractivity contribution in [3.8, 4) is 5.88 Å². The maximum atomic E-state index is 15.7. The molecule has 3 aliphatic rings. The monoisotopic (exact) mass is 925 g/mol. The standard InChI is InChI=1S/C34H54FN5O12P2S2Si2/c1-19(2)57(44,20(3)4)52-58(21(5)6,22(7)8)51-30-27-16-46-53(42,55)49-26-13-24(47-28-10-11-36-17-37-28)12-23(26)15-45-54(43,56)50-31(30)34(48-27)40-14-25(35)29-32(40)38-18-39(9)33(29)41/h10-11,14,17-24,26-27,30-31,34,44H,12-13,15-16H2,1-9H3,(H,42,55)(H,43,56)/t23-,24-,26+,27-,30-,31-,34-,53+,54-/m1/s1. The van der Waals surface area contributed by atoms with E-state index < -0.39 is 91.4 Å². The first-order chi connectivity index (χ1) is 27.1. The maximum absolute atomic E-state index is 15.7. The van der Waals surface area contributed by atoms with E-state index in [0.717, 1.165) is 10.8 Å². The Labute approximate surface area is 349 Å². The lowest BCUT2D eigenvalue weighted by molar-refractivity contribution is -0.0489. The molecule has 3 aromatic rings. The van der Waals surface area contributed by atoms with E-state index in [-0.39, 0.29) is 46.2 Å². The van der Waals surface area contributed by atoms with Gasteiger partial charge in [-0.3, -0.25) is 18.4 Å². The minimum atomic E-state index is -4.39. The number of rotatable bonds is 11. The number of thiol groups is 2. The highest BCUT2D eigenvalue weighted by atomic mass is 32.7. The van der Waals surface area contributed by atoms with Crippen molar-refractivity contribution in [3.63, 3.8) is 0 Å². The van der Waals surface area contributed by atoms with E-state index in [9.17, 15) is 18.7 Å². The number of aromatic nitrogens is 5. The highest BCUT2D eigenvalue weighted by Gasteiger charge is 2.60. The first-order valence-electron chi connectivity index (χ1n) is 19.3. The summed E-state index contributed by atoms with van der Waals surface area (Å²) < 4.78 is 97.9. The molecular formula is C34H54FN5O12P2S2Si2. The largest absolute Gasteiger partial charge is 0.474 e. The summed E-state index contributed by atoms with van der Waals surface area (Å²) in [6.45, 7) is 6.11. The summed E-state index contributed by atoms with van der Waals surface area (Å²) >= 11 is 8.78. The molecule has 6 rings (SSSR count). The lowest BCUT2D eigenvalue weighted by Gasteiger charge is -2.47. The molecule has 3 fully saturated rings. The second kappa shape index (κ2) is 17.7. The number of nitrogens with zero attached hydrogens (tertiary/aromatic N) is 5. The van der Waals surface area contributed by atoms with Crippen molar-refractivity contribution < 1.29 is 54.4 Å². The van der Waals surface area contributed by atoms with Gasteiger partial charge >= 0.3 is 30.7 Å². The second-order valence-corrected chi connectivity index (χ2v) is 30.7. The average molecular weight is 926 g/mol. The summed E-state index contributed by atoms with van der Waals surface area (Å²) in [7, 11) is -5.71. The molecule has 1 aliphatic carbocycles. The van der Waals surface area contributed by atoms with Crippen molar-refractivity contribution in [3.05, 3.63) is 47.3 Å². The van der Waals surface area contributed by atoms with Gasteiger partial charge in [-0.15, -0.1) is 0 Å². The summed E-state index contributed by atoms with van der Waals surface area (Å²) in [5, 5.41) is -0.315. The molecule has 5 heterocycles. The molecule has 24 heteroatoms. The molecule has 324 valence electrons. The van der Waals surface area contributed by atoms with Crippen molar-refractivity contribution >= 4 is 66.2 Å². The van der Waals surface area contributed by atoms with Crippen LogP contribution in [0.5, 0.6) is 5.88 Å². The van der Waals surface area contributed by atoms with Crippen LogP contribution in [0.1, 0.15) is 74.5 Å². The Kier molecular flexibility index (Phi) is 14.0. The fourth-order valence-electron chi connectivity index (χ4n) is 7.97. The first kappa shape index (κ1) is 46.0. The Balaban J connectivity index is 1.44. The number of ether oxygens (including phenoxy) is 2. The molecular weight excluding hydrogens is 872 g/mol. The number of hydrogen-bond acceptors (Lipinski definition) is 15. The van der Waals surface area contributed by atoms with Crippen molar-refractivity contribution in [2.24, 2.45) is 13.0 Å². The predicted molar refractivity (Wildman–Crippen MR) is 223 cm³/mol. The van der Waals surface area contributed by atoms with Gasteiger partial charge in [-0.1, -0.05) is 79.9 Å². The van der Waals surface area contributed by atoms with E-state index in [1.54, 1.807) is 6.07 Å². The summed E-state index contributed by atoms with van der Waals surface area (Å²) in [6, 6.07) is 1.60. The molecule has 0 radical (unpaired) electrons. The van der Waals surface area contributed by atoms with Crippen LogP contribution in [0, 0.1) is 11.7 Å². The highest BCUT2D eigenvalue weighted by Crippen LogP contribution is 2.61. The molecule has 3 aromatic heterocycles. The van der Waals surface area contributed by atoms with Crippen LogP contribution in [0.2, 0.25) is 22.2 Å². The molecule has 9 atom stereocenters. The Bertz CT molecular complexity index is 2070. The summed E-state index contributed by atoms with van der Waals surface area (Å²) in [6.07, 6.45) is -0.790. The molecule has 0 aromatic carbocycles. The van der Waals surface area contributed by atoms with Gasteiger partial charge in [0.1, 0.15) is 36.1 Å². The van der Waals surface area contributed by atoms with E-state index in [1.807, 2.05) is 55.4 Å². The zero-order valence-electron chi connectivity index (χ0n) is 33.9. The lowest BCUT2D eigenvalue weighted by atomic mass is 10.1. The van der Waals surface area contributed by atoms with Gasteiger partial charge in [-0.05, 0) is 28.6 Å². The van der Waals surface area contributed by atoms with Gasteiger partial charge in [0.05, 0.1) is 25.6 Å². The van der Waals surface area contributed by atoms with E-state index in [2.05, 4.69) is 39.4 Å². The van der Waals surface area contributed by atoms with Crippen molar-refractivity contribution in [2.75, 3.05) is 13.2 Å². The number of hydrogen-bond donors (Lipinski definition) is 3. The minimum Gasteiger partial charge on any atom is -0.474 e. The first-order valence-corrected chi connectivity index (χ1v) is 28.7. The molecule has 2 bridgehead atoms. The Hall–Kier alpha value is -1.50. The van der Waals surface area contributed by atoms with E-state index in [0.29, 0.717) is 12.3 Å². The normalized spacial score (nSPS) is 31.5. The van der Waals surface area contributed by atoms with Gasteiger partial charge in [0, 0.05) is 37.8 Å². The topological polar surface area (TPSA) is 194 Å². The fraction of sp³-hybridized carbons (Fsp3) is 0.706. The zero-order valence-corrected chi connectivity index (χ0v) is 39.5. The molecule has 1 N–H and O–H groups in total. The van der Waals surface area contributed by atoms with Crippen LogP contribution in [0.4, 0.5) is 4.39 Å². The molecule has 0 amide bonds. The Morgan fingerprint density at radius 3 is 2.22 bits per heavy atom. The number of aryl methyl sites for hydroxylation is 1. The third kappa shape index (κ3) is 9.45. The third-order valence-corrected chi connectivity index (χ3v) is 24.1. The van der Waals surface area contributed by atoms with E-state index in [1.165, 1.54) is 30.5 Å². The van der Waals surface area contributed by atoms with Gasteiger partial charge in [-0.2, -0.15) is 0 Å². The molecule has 1 saturated carbocycles. The van der Waals surface area contributed by atoms with Crippen LogP contribution in [0.15, 0.2) is 35.9 Å². The van der Waals surface area contributed by atoms with Gasteiger partial charge in [0.15, 0.2) is 17.7 Å². The SMILES string of the molecule is CC(C)[Si](O)(O[Si](O[C@H]1[C@H]2O[P@](=O)(S)OC[C@H]3C[C@@H](Oc4ccncn4)C[C@@H]3O[P@@](=O)(S)OC[C@H]1O[C@H]2n1cc(F)c2c(=O)n(C)cnc21)(C(C)C)C(C)C)C(C)C. The predicted octanol–water partition coefficient (Wildman–Crippen LogP) is 7.23. The smallest absolute Gasteiger partial charge is 0.386 e. The van der Waals surface area contributed by atoms with Gasteiger partial charge in [0.2, 0.25) is 5.88 Å². The lowest BCUT2D eigenvalue weighted by Crippen LogP contribution is -2.62. The molecule has 17 nitrogen and oxygen atoms in total. The van der Waals surface area contributed by atoms with Crippen LogP contribution in [0.3, 0.4) is 0 Å². The van der Waals surface area contributed by atoms with Crippen LogP contribution >= 0.6 is 38.1 Å². The Morgan fingerprint density at radius 1 is 0.948 bits per heavy atom. The summed E-state index contributed by atoms with van der Waals surface area (Å²) in [5.74, 6) is -1.10. The molecule has 2 aliphatic heterocycles. The van der Waals surface area contributed by atoms with Crippen molar-refractivity contribution in [2.45, 2.75) is 127 Å². The average Bonchev–Trinajstić information content (AvgIpc) is 3.79. The summed E-state index contributed by atoms with van der Waals surface area (Å²) in [5.41, 5.74) is -1.76. The molecule has 0 spiro atoms. The second-order valence-electron chi connectivity index (χ2n) is 16.3. The summed E-state index contributed by atoms with van der Waals surface area (Å²) in [4.78, 5) is 37.7. The van der Waals surface area contributed by atoms with Crippen molar-refractivity contribution in [1.29, 1.82) is 0 Å². The maximum Gasteiger partial charge on any atom is 0.386 e. The molecule has 2 saturated heterocycles. The molecule has 58 heavy (non-hydrogen) atoms. The van der Waals surface area contributed by atoms with E-state index in [4.69, 9.17) is 36.1 Å². The Morgan fingerprint density at radius 2 is 1.60 bits per heavy atom. The quantitative estimate of drug-likeness (QED) is 0.0990. The van der Waals surface area contributed by atoms with E-state index >= 15 is 4.39 Å². The van der Waals surface area contributed by atoms with Gasteiger partial charge < -0.3 is 36.5 Å². The van der Waals surface area contributed by atoms with Gasteiger partial charge in [0.25, 0.3) is 5.56 Å². The van der Waals surface area contributed by atoms with Crippen LogP contribution in [-0.2, 0) is 47.6 Å². The fourth-order valence-corrected chi connectivity index (χ4v) is 21.0. The zero-order chi connectivity index (χ0) is 42.5. The van der Waals surface area contributed by atoms with Crippen LogP contribution < -0.4 is 10.3 Å². The molecule has 0 unspecified atom stereocenters.